The molecule has 0 bridgehead atoms. The Labute approximate surface area is 117 Å². The summed E-state index contributed by atoms with van der Waals surface area (Å²) in [7, 11) is 1.95. The summed E-state index contributed by atoms with van der Waals surface area (Å²) in [5, 5.41) is 3.31. The van der Waals surface area contributed by atoms with Crippen LogP contribution in [-0.2, 0) is 15.9 Å². The van der Waals surface area contributed by atoms with E-state index in [-0.39, 0.29) is 12.3 Å². The van der Waals surface area contributed by atoms with Crippen molar-refractivity contribution in [3.05, 3.63) is 35.4 Å². The van der Waals surface area contributed by atoms with Gasteiger partial charge >= 0.3 is 0 Å². The fourth-order valence-corrected chi connectivity index (χ4v) is 2.26. The molecule has 1 aromatic rings. The Morgan fingerprint density at radius 2 is 1.79 bits per heavy atom. The van der Waals surface area contributed by atoms with Gasteiger partial charge in [0.2, 0.25) is 0 Å². The van der Waals surface area contributed by atoms with Crippen molar-refractivity contribution in [1.82, 2.24) is 5.32 Å². The molecular weight excluding hydrogens is 238 g/mol. The van der Waals surface area contributed by atoms with Gasteiger partial charge in [0, 0.05) is 13.2 Å². The molecule has 1 unspecified atom stereocenters. The molecule has 108 valence electrons. The van der Waals surface area contributed by atoms with Crippen LogP contribution in [0.1, 0.15) is 44.4 Å². The number of ether oxygens (including phenoxy) is 2. The zero-order chi connectivity index (χ0) is 14.1. The summed E-state index contributed by atoms with van der Waals surface area (Å²) in [6, 6.07) is 8.73. The van der Waals surface area contributed by atoms with Gasteiger partial charge in [0.25, 0.3) is 0 Å². The first-order chi connectivity index (χ1) is 9.26. The number of likely N-dealkylation sites (N-methyl/N-ethyl adjacent to an activating group) is 1. The van der Waals surface area contributed by atoms with Crippen LogP contribution in [0.3, 0.4) is 0 Å². The van der Waals surface area contributed by atoms with E-state index in [9.17, 15) is 0 Å². The molecule has 0 heterocycles. The summed E-state index contributed by atoms with van der Waals surface area (Å²) in [5.74, 6) is 0. The first-order valence-corrected chi connectivity index (χ1v) is 7.26. The molecule has 0 aliphatic carbocycles. The molecule has 0 saturated carbocycles. The van der Waals surface area contributed by atoms with Crippen molar-refractivity contribution >= 4 is 0 Å². The van der Waals surface area contributed by atoms with Crippen LogP contribution in [0.5, 0.6) is 0 Å². The Balaban J connectivity index is 2.89. The second-order valence-electron chi connectivity index (χ2n) is 4.54. The third-order valence-electron chi connectivity index (χ3n) is 3.09. The van der Waals surface area contributed by atoms with Gasteiger partial charge in [-0.05, 0) is 38.4 Å². The average Bonchev–Trinajstić information content (AvgIpc) is 2.41. The van der Waals surface area contributed by atoms with Crippen molar-refractivity contribution in [3.8, 4) is 0 Å². The molecule has 1 aromatic carbocycles. The molecule has 1 rings (SSSR count). The number of nitrogens with one attached hydrogen (secondary N) is 1. The average molecular weight is 265 g/mol. The van der Waals surface area contributed by atoms with Crippen LogP contribution in [0.25, 0.3) is 0 Å². The lowest BCUT2D eigenvalue weighted by atomic mass is 10.0. The minimum absolute atomic E-state index is 0.0664. The second kappa shape index (κ2) is 9.08. The quantitative estimate of drug-likeness (QED) is 0.695. The highest BCUT2D eigenvalue weighted by Gasteiger charge is 2.22. The van der Waals surface area contributed by atoms with E-state index in [1.54, 1.807) is 0 Å². The molecule has 0 radical (unpaired) electrons. The largest absolute Gasteiger partial charge is 0.351 e. The van der Waals surface area contributed by atoms with Gasteiger partial charge in [-0.1, -0.05) is 37.6 Å². The van der Waals surface area contributed by atoms with Crippen molar-refractivity contribution in [1.29, 1.82) is 0 Å². The third kappa shape index (κ3) is 4.94. The van der Waals surface area contributed by atoms with Gasteiger partial charge < -0.3 is 14.8 Å². The lowest BCUT2D eigenvalue weighted by Crippen LogP contribution is -2.34. The molecule has 19 heavy (non-hydrogen) atoms. The van der Waals surface area contributed by atoms with Crippen LogP contribution in [0.15, 0.2) is 24.3 Å². The lowest BCUT2D eigenvalue weighted by molar-refractivity contribution is -0.154. The van der Waals surface area contributed by atoms with E-state index in [4.69, 9.17) is 9.47 Å². The van der Waals surface area contributed by atoms with E-state index < -0.39 is 0 Å². The Hall–Kier alpha value is -0.900. The lowest BCUT2D eigenvalue weighted by Gasteiger charge is -2.27. The summed E-state index contributed by atoms with van der Waals surface area (Å²) in [6.07, 6.45) is 2.03. The van der Waals surface area contributed by atoms with E-state index in [2.05, 4.69) is 36.5 Å². The normalized spacial score (nSPS) is 12.9. The smallest absolute Gasteiger partial charge is 0.176 e. The molecule has 0 aromatic heterocycles. The summed E-state index contributed by atoms with van der Waals surface area (Å²) in [6.45, 7) is 7.49. The van der Waals surface area contributed by atoms with Gasteiger partial charge in [-0.2, -0.15) is 0 Å². The van der Waals surface area contributed by atoms with Crippen LogP contribution in [-0.4, -0.2) is 26.6 Å². The van der Waals surface area contributed by atoms with Crippen molar-refractivity contribution in [2.24, 2.45) is 0 Å². The SMILES string of the molecule is CCCc1cccc(C(NC)C(OCC)OCC)c1. The van der Waals surface area contributed by atoms with Crippen molar-refractivity contribution < 1.29 is 9.47 Å². The van der Waals surface area contributed by atoms with Crippen LogP contribution in [0.2, 0.25) is 0 Å². The van der Waals surface area contributed by atoms with Crippen LogP contribution in [0, 0.1) is 0 Å². The van der Waals surface area contributed by atoms with Gasteiger partial charge in [-0.3, -0.25) is 0 Å². The highest BCUT2D eigenvalue weighted by Crippen LogP contribution is 2.21. The molecule has 0 spiro atoms. The monoisotopic (exact) mass is 265 g/mol. The zero-order valence-corrected chi connectivity index (χ0v) is 12.6. The molecule has 0 saturated heterocycles. The second-order valence-corrected chi connectivity index (χ2v) is 4.54. The van der Waals surface area contributed by atoms with E-state index in [1.807, 2.05) is 20.9 Å². The number of hydrogen-bond donors (Lipinski definition) is 1. The highest BCUT2D eigenvalue weighted by atomic mass is 16.7. The summed E-state index contributed by atoms with van der Waals surface area (Å²) in [5.41, 5.74) is 2.59. The van der Waals surface area contributed by atoms with Gasteiger partial charge in [-0.25, -0.2) is 0 Å². The van der Waals surface area contributed by atoms with Gasteiger partial charge in [0.15, 0.2) is 6.29 Å². The molecule has 0 amide bonds. The number of rotatable bonds is 9. The van der Waals surface area contributed by atoms with Gasteiger partial charge in [0.1, 0.15) is 0 Å². The van der Waals surface area contributed by atoms with E-state index in [0.29, 0.717) is 13.2 Å². The maximum Gasteiger partial charge on any atom is 0.176 e. The maximum atomic E-state index is 5.70. The zero-order valence-electron chi connectivity index (χ0n) is 12.6. The molecule has 0 fully saturated rings. The van der Waals surface area contributed by atoms with Crippen molar-refractivity contribution in [2.45, 2.75) is 45.9 Å². The highest BCUT2D eigenvalue weighted by molar-refractivity contribution is 5.26. The predicted octanol–water partition coefficient (Wildman–Crippen LogP) is 3.30. The standard InChI is InChI=1S/C16H27NO2/c1-5-9-13-10-8-11-14(12-13)15(17-4)16(18-6-2)19-7-3/h8,10-12,15-17H,5-7,9H2,1-4H3. The van der Waals surface area contributed by atoms with Crippen LogP contribution in [0.4, 0.5) is 0 Å². The third-order valence-corrected chi connectivity index (χ3v) is 3.09. The molecular formula is C16H27NO2. The first-order valence-electron chi connectivity index (χ1n) is 7.26. The number of hydrogen-bond acceptors (Lipinski definition) is 3. The van der Waals surface area contributed by atoms with Crippen LogP contribution < -0.4 is 5.32 Å². The minimum Gasteiger partial charge on any atom is -0.351 e. The summed E-state index contributed by atoms with van der Waals surface area (Å²) < 4.78 is 11.4. The summed E-state index contributed by atoms with van der Waals surface area (Å²) in [4.78, 5) is 0. The van der Waals surface area contributed by atoms with Gasteiger partial charge in [0.05, 0.1) is 6.04 Å². The van der Waals surface area contributed by atoms with Crippen molar-refractivity contribution in [2.75, 3.05) is 20.3 Å². The Kier molecular flexibility index (Phi) is 7.72. The predicted molar refractivity (Wildman–Crippen MR) is 79.3 cm³/mol. The minimum atomic E-state index is -0.239. The van der Waals surface area contributed by atoms with Crippen LogP contribution >= 0.6 is 0 Å². The van der Waals surface area contributed by atoms with Crippen molar-refractivity contribution in [3.63, 3.8) is 0 Å². The topological polar surface area (TPSA) is 30.5 Å². The fraction of sp³-hybridized carbons (Fsp3) is 0.625. The summed E-state index contributed by atoms with van der Waals surface area (Å²) >= 11 is 0. The number of benzene rings is 1. The van der Waals surface area contributed by atoms with E-state index in [0.717, 1.165) is 12.8 Å². The fourth-order valence-electron chi connectivity index (χ4n) is 2.26. The molecule has 0 aliphatic rings. The van der Waals surface area contributed by atoms with E-state index in [1.165, 1.54) is 11.1 Å². The van der Waals surface area contributed by atoms with Gasteiger partial charge in [-0.15, -0.1) is 0 Å². The molecule has 1 N–H and O–H groups in total. The molecule has 3 heteroatoms. The molecule has 0 aliphatic heterocycles. The number of aryl methyl sites for hydroxylation is 1. The molecule has 3 nitrogen and oxygen atoms in total. The Bertz CT molecular complexity index is 348. The Morgan fingerprint density at radius 1 is 1.11 bits per heavy atom. The maximum absolute atomic E-state index is 5.70. The first kappa shape index (κ1) is 16.2. The Morgan fingerprint density at radius 3 is 2.32 bits per heavy atom. The molecule has 1 atom stereocenters. The van der Waals surface area contributed by atoms with E-state index >= 15 is 0 Å².